The van der Waals surface area contributed by atoms with E-state index < -0.39 is 18.5 Å². The molecule has 0 saturated carbocycles. The van der Waals surface area contributed by atoms with Crippen LogP contribution in [0, 0.1) is 11.3 Å². The van der Waals surface area contributed by atoms with Crippen molar-refractivity contribution in [3.8, 4) is 17.6 Å². The maximum Gasteiger partial charge on any atom is 0.339 e. The molecule has 0 radical (unpaired) electrons. The molecule has 1 amide bonds. The van der Waals surface area contributed by atoms with Crippen LogP contribution in [0.3, 0.4) is 0 Å². The number of methoxy groups -OCH3 is 2. The Bertz CT molecular complexity index is 1150. The maximum absolute atomic E-state index is 12.6. The number of hydrogen-bond acceptors (Lipinski definition) is 7. The molecule has 3 rings (SSSR count). The Kier molecular flexibility index (Phi) is 7.73. The molecular weight excluding hydrogens is 428 g/mol. The van der Waals surface area contributed by atoms with E-state index in [0.717, 1.165) is 4.90 Å². The molecule has 0 spiro atoms. The molecule has 0 heterocycles. The number of hydrogen-bond donors (Lipinski definition) is 1. The summed E-state index contributed by atoms with van der Waals surface area (Å²) in [4.78, 5) is 26.3. The van der Waals surface area contributed by atoms with Crippen LogP contribution in [-0.2, 0) is 9.53 Å². The normalized spacial score (nSPS) is 10.0. The van der Waals surface area contributed by atoms with Gasteiger partial charge in [-0.05, 0) is 24.3 Å². The van der Waals surface area contributed by atoms with E-state index >= 15 is 0 Å². The van der Waals surface area contributed by atoms with Gasteiger partial charge in [0.1, 0.15) is 17.6 Å². The van der Waals surface area contributed by atoms with Crippen molar-refractivity contribution in [1.29, 1.82) is 5.26 Å². The van der Waals surface area contributed by atoms with Gasteiger partial charge >= 0.3 is 5.97 Å². The highest BCUT2D eigenvalue weighted by Crippen LogP contribution is 2.33. The Morgan fingerprint density at radius 1 is 0.938 bits per heavy atom. The average molecular weight is 449 g/mol. The second-order valence-corrected chi connectivity index (χ2v) is 7.52. The molecule has 0 saturated heterocycles. The van der Waals surface area contributed by atoms with Crippen LogP contribution >= 0.6 is 11.8 Å². The molecule has 0 bridgehead atoms. The van der Waals surface area contributed by atoms with E-state index in [-0.39, 0.29) is 0 Å². The number of benzene rings is 3. The van der Waals surface area contributed by atoms with Gasteiger partial charge in [-0.2, -0.15) is 5.26 Å². The second-order valence-electron chi connectivity index (χ2n) is 6.43. The van der Waals surface area contributed by atoms with Gasteiger partial charge in [0.15, 0.2) is 6.61 Å². The van der Waals surface area contributed by atoms with Gasteiger partial charge in [-0.25, -0.2) is 4.79 Å². The Balaban J connectivity index is 1.67. The topological polar surface area (TPSA) is 97.6 Å². The highest BCUT2D eigenvalue weighted by molar-refractivity contribution is 7.99. The van der Waals surface area contributed by atoms with Crippen molar-refractivity contribution in [2.45, 2.75) is 9.79 Å². The van der Waals surface area contributed by atoms with E-state index in [0.29, 0.717) is 33.2 Å². The molecule has 0 aliphatic carbocycles. The summed E-state index contributed by atoms with van der Waals surface area (Å²) in [7, 11) is 3.01. The monoisotopic (exact) mass is 448 g/mol. The van der Waals surface area contributed by atoms with E-state index in [1.807, 2.05) is 6.07 Å². The minimum Gasteiger partial charge on any atom is -0.497 e. The summed E-state index contributed by atoms with van der Waals surface area (Å²) in [5.74, 6) is -0.116. The zero-order valence-electron chi connectivity index (χ0n) is 17.5. The first-order chi connectivity index (χ1) is 15.5. The maximum atomic E-state index is 12.6. The molecule has 7 nitrogen and oxygen atoms in total. The molecule has 0 unspecified atom stereocenters. The van der Waals surface area contributed by atoms with Crippen molar-refractivity contribution in [1.82, 2.24) is 0 Å². The molecule has 0 aliphatic rings. The van der Waals surface area contributed by atoms with E-state index in [2.05, 4.69) is 11.4 Å². The molecule has 0 atom stereocenters. The number of nitrogens with one attached hydrogen (secondary N) is 1. The second kappa shape index (κ2) is 10.9. The third kappa shape index (κ3) is 5.80. The van der Waals surface area contributed by atoms with Gasteiger partial charge in [-0.3, -0.25) is 4.79 Å². The summed E-state index contributed by atoms with van der Waals surface area (Å²) in [6, 6.07) is 21.1. The van der Waals surface area contributed by atoms with Crippen LogP contribution in [0.5, 0.6) is 11.5 Å². The van der Waals surface area contributed by atoms with Crippen molar-refractivity contribution < 1.29 is 23.8 Å². The number of anilines is 1. The number of carbonyl (C=O) groups is 2. The van der Waals surface area contributed by atoms with Crippen LogP contribution in [0.2, 0.25) is 0 Å². The average Bonchev–Trinajstić information content (AvgIpc) is 2.82. The van der Waals surface area contributed by atoms with Crippen LogP contribution in [0.15, 0.2) is 76.5 Å². The Hall–Kier alpha value is -3.96. The molecule has 3 aromatic carbocycles. The molecule has 8 heteroatoms. The lowest BCUT2D eigenvalue weighted by molar-refractivity contribution is -0.119. The van der Waals surface area contributed by atoms with Gasteiger partial charge in [0.25, 0.3) is 5.91 Å². The van der Waals surface area contributed by atoms with Crippen molar-refractivity contribution in [3.05, 3.63) is 77.9 Å². The lowest BCUT2D eigenvalue weighted by atomic mass is 10.2. The first kappa shape index (κ1) is 22.7. The van der Waals surface area contributed by atoms with Crippen molar-refractivity contribution in [3.63, 3.8) is 0 Å². The van der Waals surface area contributed by atoms with Gasteiger partial charge < -0.3 is 19.5 Å². The summed E-state index contributed by atoms with van der Waals surface area (Å²) in [6.45, 7) is -0.466. The van der Waals surface area contributed by atoms with Gasteiger partial charge in [-0.1, -0.05) is 36.0 Å². The molecule has 162 valence electrons. The smallest absolute Gasteiger partial charge is 0.339 e. The molecule has 0 aromatic heterocycles. The Labute approximate surface area is 189 Å². The quantitative estimate of drug-likeness (QED) is 0.506. The fraction of sp³-hybridized carbons (Fsp3) is 0.125. The van der Waals surface area contributed by atoms with Crippen LogP contribution < -0.4 is 14.8 Å². The predicted octanol–water partition coefficient (Wildman–Crippen LogP) is 4.52. The van der Waals surface area contributed by atoms with E-state index in [4.69, 9.17) is 14.2 Å². The van der Waals surface area contributed by atoms with Crippen LogP contribution in [0.4, 0.5) is 5.69 Å². The highest BCUT2D eigenvalue weighted by Gasteiger charge is 2.16. The summed E-state index contributed by atoms with van der Waals surface area (Å²) >= 11 is 1.29. The molecular formula is C24H20N2O5S. The number of nitrogens with zero attached hydrogens (tertiary/aromatic N) is 1. The van der Waals surface area contributed by atoms with Crippen LogP contribution in [0.25, 0.3) is 0 Å². The Morgan fingerprint density at radius 2 is 1.56 bits per heavy atom. The zero-order valence-corrected chi connectivity index (χ0v) is 18.3. The fourth-order valence-corrected chi connectivity index (χ4v) is 3.79. The molecule has 32 heavy (non-hydrogen) atoms. The molecule has 3 aromatic rings. The minimum absolute atomic E-state index is 0.307. The van der Waals surface area contributed by atoms with Gasteiger partial charge in [0.05, 0.1) is 25.3 Å². The molecule has 1 N–H and O–H groups in total. The van der Waals surface area contributed by atoms with Gasteiger partial charge in [-0.15, -0.1) is 0 Å². The number of nitriles is 1. The van der Waals surface area contributed by atoms with Crippen molar-refractivity contribution >= 4 is 29.3 Å². The van der Waals surface area contributed by atoms with Gasteiger partial charge in [0, 0.05) is 33.7 Å². The third-order valence-electron chi connectivity index (χ3n) is 4.30. The van der Waals surface area contributed by atoms with Crippen molar-refractivity contribution in [2.75, 3.05) is 26.1 Å². The van der Waals surface area contributed by atoms with Crippen LogP contribution in [-0.4, -0.2) is 32.7 Å². The number of ether oxygens (including phenoxy) is 3. The van der Waals surface area contributed by atoms with Crippen molar-refractivity contribution in [2.24, 2.45) is 0 Å². The summed E-state index contributed by atoms with van der Waals surface area (Å²) in [6.07, 6.45) is 0. The number of rotatable bonds is 8. The number of carbonyl (C=O) groups excluding carboxylic acids is 2. The lowest BCUT2D eigenvalue weighted by Crippen LogP contribution is -2.21. The van der Waals surface area contributed by atoms with E-state index in [1.165, 1.54) is 26.0 Å². The number of amides is 1. The Morgan fingerprint density at radius 3 is 2.22 bits per heavy atom. The first-order valence-corrected chi connectivity index (χ1v) is 10.3. The zero-order chi connectivity index (χ0) is 22.9. The first-order valence-electron chi connectivity index (χ1n) is 9.50. The predicted molar refractivity (Wildman–Crippen MR) is 120 cm³/mol. The van der Waals surface area contributed by atoms with Crippen LogP contribution in [0.1, 0.15) is 15.9 Å². The summed E-state index contributed by atoms with van der Waals surface area (Å²) in [5, 5.41) is 11.9. The van der Waals surface area contributed by atoms with Gasteiger partial charge in [0.2, 0.25) is 0 Å². The minimum atomic E-state index is -0.638. The largest absolute Gasteiger partial charge is 0.497 e. The number of esters is 1. The summed E-state index contributed by atoms with van der Waals surface area (Å²) < 4.78 is 15.6. The van der Waals surface area contributed by atoms with E-state index in [9.17, 15) is 14.9 Å². The standard InChI is InChI=1S/C24H20N2O5S/c1-29-18-11-17(12-19(13-18)30-2)26-23(27)15-31-24(28)20-8-4-6-10-22(20)32-21-9-5-3-7-16(21)14-25/h3-13H,15H2,1-2H3,(H,26,27). The summed E-state index contributed by atoms with van der Waals surface area (Å²) in [5.41, 5.74) is 1.26. The lowest BCUT2D eigenvalue weighted by Gasteiger charge is -2.11. The highest BCUT2D eigenvalue weighted by atomic mass is 32.2. The van der Waals surface area contributed by atoms with E-state index in [1.54, 1.807) is 60.7 Å². The molecule has 0 fully saturated rings. The fourth-order valence-electron chi connectivity index (χ4n) is 2.78. The molecule has 0 aliphatic heterocycles. The SMILES string of the molecule is COc1cc(NC(=O)COC(=O)c2ccccc2Sc2ccccc2C#N)cc(OC)c1. The third-order valence-corrected chi connectivity index (χ3v) is 5.46.